The number of esters is 2. The average Bonchev–Trinajstić information content (AvgIpc) is 2.71. The molecule has 10 heteroatoms. The van der Waals surface area contributed by atoms with Gasteiger partial charge in [-0.05, 0) is 58.6 Å². The molecular weight excluding hydrogens is 464 g/mol. The predicted octanol–water partition coefficient (Wildman–Crippen LogP) is 2.69. The Labute approximate surface area is 201 Å². The zero-order chi connectivity index (χ0) is 26.0. The number of carbonyl (C=O) groups is 3. The molecule has 192 valence electrons. The Balaban J connectivity index is 2.85. The lowest BCUT2D eigenvalue weighted by Crippen LogP contribution is -2.39. The monoisotopic (exact) mass is 500 g/mol. The molecule has 0 amide bonds. The quantitative estimate of drug-likeness (QED) is 0.361. The third kappa shape index (κ3) is 9.80. The van der Waals surface area contributed by atoms with E-state index in [2.05, 4.69) is 0 Å². The summed E-state index contributed by atoms with van der Waals surface area (Å²) in [7, 11) is -3.77. The molecule has 0 saturated heterocycles. The van der Waals surface area contributed by atoms with Crippen LogP contribution in [0.15, 0.2) is 24.3 Å². The number of carbonyl (C=O) groups excluding carboxylic acids is 2. The number of sulfone groups is 1. The first kappa shape index (κ1) is 29.6. The second-order valence-corrected chi connectivity index (χ2v) is 10.9. The summed E-state index contributed by atoms with van der Waals surface area (Å²) in [5, 5.41) is 9.95. The van der Waals surface area contributed by atoms with Crippen LogP contribution < -0.4 is 0 Å². The number of hydrogen-bond acceptors (Lipinski definition) is 8. The van der Waals surface area contributed by atoms with Crippen molar-refractivity contribution in [2.45, 2.75) is 64.9 Å². The number of hydrogen-bond donors (Lipinski definition) is 1. The number of carboxylic acids is 1. The van der Waals surface area contributed by atoms with E-state index < -0.39 is 44.3 Å². The van der Waals surface area contributed by atoms with E-state index in [-0.39, 0.29) is 32.0 Å². The van der Waals surface area contributed by atoms with Crippen molar-refractivity contribution in [3.8, 4) is 0 Å². The maximum absolute atomic E-state index is 12.3. The Bertz CT molecular complexity index is 953. The number of aliphatic carboxylic acids is 1. The fourth-order valence-electron chi connectivity index (χ4n) is 3.46. The molecule has 0 aromatic heterocycles. The lowest BCUT2D eigenvalue weighted by Gasteiger charge is -2.30. The minimum absolute atomic E-state index is 0.0161. The molecule has 0 saturated carbocycles. The van der Waals surface area contributed by atoms with E-state index in [0.29, 0.717) is 18.6 Å². The lowest BCUT2D eigenvalue weighted by atomic mass is 9.79. The highest BCUT2D eigenvalue weighted by Gasteiger charge is 2.36. The highest BCUT2D eigenvalue weighted by atomic mass is 32.2. The molecule has 0 aliphatic carbocycles. The molecule has 1 rings (SSSR count). The molecule has 1 N–H and O–H groups in total. The second kappa shape index (κ2) is 12.9. The van der Waals surface area contributed by atoms with Crippen LogP contribution in [0.4, 0.5) is 0 Å². The van der Waals surface area contributed by atoms with Gasteiger partial charge in [-0.25, -0.2) is 8.42 Å². The van der Waals surface area contributed by atoms with Gasteiger partial charge in [-0.15, -0.1) is 0 Å². The normalized spacial score (nSPS) is 13.7. The topological polar surface area (TPSA) is 133 Å². The molecule has 1 atom stereocenters. The van der Waals surface area contributed by atoms with Gasteiger partial charge >= 0.3 is 17.9 Å². The summed E-state index contributed by atoms with van der Waals surface area (Å²) in [6, 6.07) is 7.02. The number of benzene rings is 1. The summed E-state index contributed by atoms with van der Waals surface area (Å²) in [6.45, 7) is 8.42. The Kier molecular flexibility index (Phi) is 11.2. The molecule has 1 aromatic carbocycles. The predicted molar refractivity (Wildman–Crippen MR) is 126 cm³/mol. The number of carboxylic acid groups (broad SMARTS) is 1. The van der Waals surface area contributed by atoms with Crippen molar-refractivity contribution in [1.29, 1.82) is 0 Å². The van der Waals surface area contributed by atoms with Gasteiger partial charge in [0.25, 0.3) is 0 Å². The minimum Gasteiger partial charge on any atom is -0.481 e. The molecule has 1 aromatic rings. The molecule has 0 spiro atoms. The third-order valence-electron chi connectivity index (χ3n) is 5.26. The van der Waals surface area contributed by atoms with Crippen molar-refractivity contribution in [3.05, 3.63) is 35.4 Å². The molecule has 0 heterocycles. The summed E-state index contributed by atoms with van der Waals surface area (Å²) in [5.74, 6) is -3.33. The summed E-state index contributed by atoms with van der Waals surface area (Å²) < 4.78 is 40.0. The van der Waals surface area contributed by atoms with Gasteiger partial charge in [0.05, 0.1) is 30.0 Å². The summed E-state index contributed by atoms with van der Waals surface area (Å²) in [4.78, 5) is 35.3. The van der Waals surface area contributed by atoms with Crippen molar-refractivity contribution in [2.75, 3.05) is 31.3 Å². The molecule has 0 bridgehead atoms. The molecule has 34 heavy (non-hydrogen) atoms. The summed E-state index contributed by atoms with van der Waals surface area (Å²) >= 11 is 0. The van der Waals surface area contributed by atoms with E-state index in [1.54, 1.807) is 52.8 Å². The van der Waals surface area contributed by atoms with Gasteiger partial charge in [0.1, 0.15) is 5.75 Å². The SMILES string of the molecule is CCOC(=O)CCc1cccc(C(C)(CCOC(C)(C)CS(=O)(=O)CC(=O)OCC)C(=O)O)c1. The Hall–Kier alpha value is -2.46. The average molecular weight is 501 g/mol. The molecule has 1 unspecified atom stereocenters. The molecule has 0 aliphatic heterocycles. The highest BCUT2D eigenvalue weighted by molar-refractivity contribution is 7.92. The number of aryl methyl sites for hydroxylation is 1. The van der Waals surface area contributed by atoms with Gasteiger partial charge in [0.15, 0.2) is 9.84 Å². The van der Waals surface area contributed by atoms with Gasteiger partial charge in [-0.3, -0.25) is 14.4 Å². The minimum atomic E-state index is -3.77. The first-order chi connectivity index (χ1) is 15.7. The number of ether oxygens (including phenoxy) is 3. The van der Waals surface area contributed by atoms with E-state index in [9.17, 15) is 27.9 Å². The van der Waals surface area contributed by atoms with Gasteiger partial charge < -0.3 is 19.3 Å². The van der Waals surface area contributed by atoms with Crippen molar-refractivity contribution < 1.29 is 42.1 Å². The maximum atomic E-state index is 12.3. The van der Waals surface area contributed by atoms with Crippen LogP contribution in [-0.2, 0) is 50.3 Å². The van der Waals surface area contributed by atoms with Crippen LogP contribution in [0.2, 0.25) is 0 Å². The summed E-state index contributed by atoms with van der Waals surface area (Å²) in [6.07, 6.45) is 0.702. The van der Waals surface area contributed by atoms with Gasteiger partial charge in [0, 0.05) is 13.0 Å². The van der Waals surface area contributed by atoms with Crippen LogP contribution in [0.25, 0.3) is 0 Å². The van der Waals surface area contributed by atoms with E-state index in [1.807, 2.05) is 6.07 Å². The summed E-state index contributed by atoms with van der Waals surface area (Å²) in [5.41, 5.74) is -1.06. The van der Waals surface area contributed by atoms with Crippen LogP contribution in [0.3, 0.4) is 0 Å². The Morgan fingerprint density at radius 2 is 1.62 bits per heavy atom. The van der Waals surface area contributed by atoms with E-state index in [1.165, 1.54) is 0 Å². The third-order valence-corrected chi connectivity index (χ3v) is 7.08. The molecule has 0 aliphatic rings. The molecule has 0 fully saturated rings. The van der Waals surface area contributed by atoms with Crippen LogP contribution in [0.1, 0.15) is 58.6 Å². The Morgan fingerprint density at radius 3 is 2.21 bits per heavy atom. The smallest absolute Gasteiger partial charge is 0.321 e. The molecule has 0 radical (unpaired) electrons. The van der Waals surface area contributed by atoms with Crippen LogP contribution in [0, 0.1) is 0 Å². The van der Waals surface area contributed by atoms with Crippen LogP contribution in [0.5, 0.6) is 0 Å². The van der Waals surface area contributed by atoms with E-state index in [0.717, 1.165) is 5.56 Å². The van der Waals surface area contributed by atoms with Crippen molar-refractivity contribution in [3.63, 3.8) is 0 Å². The number of rotatable bonds is 15. The largest absolute Gasteiger partial charge is 0.481 e. The van der Waals surface area contributed by atoms with Crippen molar-refractivity contribution in [2.24, 2.45) is 0 Å². The lowest BCUT2D eigenvalue weighted by molar-refractivity contribution is -0.145. The highest BCUT2D eigenvalue weighted by Crippen LogP contribution is 2.30. The Morgan fingerprint density at radius 1 is 1.00 bits per heavy atom. The molecular formula is C24H36O9S. The second-order valence-electron chi connectivity index (χ2n) is 8.84. The van der Waals surface area contributed by atoms with Crippen molar-refractivity contribution >= 4 is 27.7 Å². The van der Waals surface area contributed by atoms with Gasteiger partial charge in [-0.2, -0.15) is 0 Å². The maximum Gasteiger partial charge on any atom is 0.321 e. The van der Waals surface area contributed by atoms with Crippen LogP contribution >= 0.6 is 0 Å². The van der Waals surface area contributed by atoms with Gasteiger partial charge in [-0.1, -0.05) is 24.3 Å². The van der Waals surface area contributed by atoms with E-state index in [4.69, 9.17) is 14.2 Å². The standard InChI is InChI=1S/C24H36O9S/c1-6-31-20(25)12-11-18-9-8-10-19(15-18)24(5,22(27)28)13-14-33-23(3,4)17-34(29,30)16-21(26)32-7-2/h8-10,15H,6-7,11-14,16-17H2,1-5H3,(H,27,28). The first-order valence-electron chi connectivity index (χ1n) is 11.2. The van der Waals surface area contributed by atoms with Gasteiger partial charge in [0.2, 0.25) is 0 Å². The van der Waals surface area contributed by atoms with Crippen LogP contribution in [-0.4, -0.2) is 68.4 Å². The first-order valence-corrected chi connectivity index (χ1v) is 13.0. The zero-order valence-corrected chi connectivity index (χ0v) is 21.4. The molecule has 9 nitrogen and oxygen atoms in total. The van der Waals surface area contributed by atoms with E-state index >= 15 is 0 Å². The van der Waals surface area contributed by atoms with Crippen molar-refractivity contribution in [1.82, 2.24) is 0 Å². The zero-order valence-electron chi connectivity index (χ0n) is 20.6. The fourth-order valence-corrected chi connectivity index (χ4v) is 5.15. The fraction of sp³-hybridized carbons (Fsp3) is 0.625.